The Bertz CT molecular complexity index is 471. The SMILES string of the molecule is C=CC[C@@H]1CC[C@H]2OC[C@@H](c3ccccc3)N2C1=O. The number of hydrogen-bond acceptors (Lipinski definition) is 2. The molecule has 0 bridgehead atoms. The van der Waals surface area contributed by atoms with Crippen LogP contribution in [0.2, 0.25) is 0 Å². The third-order valence-electron chi connectivity index (χ3n) is 4.09. The molecule has 2 saturated heterocycles. The fraction of sp³-hybridized carbons (Fsp3) is 0.438. The zero-order valence-electron chi connectivity index (χ0n) is 11.0. The average molecular weight is 257 g/mol. The summed E-state index contributed by atoms with van der Waals surface area (Å²) < 4.78 is 5.80. The fourth-order valence-electron chi connectivity index (χ4n) is 3.11. The second kappa shape index (κ2) is 5.17. The van der Waals surface area contributed by atoms with Gasteiger partial charge in [-0.1, -0.05) is 36.4 Å². The highest BCUT2D eigenvalue weighted by Crippen LogP contribution is 2.38. The molecule has 3 nitrogen and oxygen atoms in total. The van der Waals surface area contributed by atoms with Crippen molar-refractivity contribution in [3.05, 3.63) is 48.6 Å². The molecule has 0 spiro atoms. The quantitative estimate of drug-likeness (QED) is 0.779. The van der Waals surface area contributed by atoms with Crippen LogP contribution in [0.15, 0.2) is 43.0 Å². The van der Waals surface area contributed by atoms with Crippen molar-refractivity contribution < 1.29 is 9.53 Å². The van der Waals surface area contributed by atoms with Gasteiger partial charge in [-0.05, 0) is 24.8 Å². The van der Waals surface area contributed by atoms with E-state index in [1.165, 1.54) is 0 Å². The monoisotopic (exact) mass is 257 g/mol. The molecule has 2 aliphatic rings. The van der Waals surface area contributed by atoms with Gasteiger partial charge in [0.1, 0.15) is 6.23 Å². The summed E-state index contributed by atoms with van der Waals surface area (Å²) in [5.74, 6) is 0.309. The third-order valence-corrected chi connectivity index (χ3v) is 4.09. The number of rotatable bonds is 3. The van der Waals surface area contributed by atoms with E-state index >= 15 is 0 Å². The molecule has 0 N–H and O–H groups in total. The van der Waals surface area contributed by atoms with Crippen LogP contribution in [0.5, 0.6) is 0 Å². The molecule has 19 heavy (non-hydrogen) atoms. The van der Waals surface area contributed by atoms with E-state index < -0.39 is 0 Å². The highest BCUT2D eigenvalue weighted by molar-refractivity contribution is 5.80. The van der Waals surface area contributed by atoms with Crippen molar-refractivity contribution in [2.75, 3.05) is 6.61 Å². The maximum Gasteiger partial charge on any atom is 0.228 e. The van der Waals surface area contributed by atoms with E-state index in [-0.39, 0.29) is 24.1 Å². The van der Waals surface area contributed by atoms with Crippen LogP contribution in [0, 0.1) is 5.92 Å². The molecule has 0 saturated carbocycles. The normalized spacial score (nSPS) is 30.2. The first-order valence-electron chi connectivity index (χ1n) is 6.91. The number of amides is 1. The van der Waals surface area contributed by atoms with Gasteiger partial charge in [0, 0.05) is 5.92 Å². The van der Waals surface area contributed by atoms with Gasteiger partial charge in [0.15, 0.2) is 0 Å². The molecule has 2 fully saturated rings. The van der Waals surface area contributed by atoms with E-state index in [0.717, 1.165) is 24.8 Å². The van der Waals surface area contributed by atoms with Crippen LogP contribution in [0.3, 0.4) is 0 Å². The number of carbonyl (C=O) groups excluding carboxylic acids is 1. The lowest BCUT2D eigenvalue weighted by Gasteiger charge is -2.36. The number of carbonyl (C=O) groups is 1. The highest BCUT2D eigenvalue weighted by Gasteiger charge is 2.44. The summed E-state index contributed by atoms with van der Waals surface area (Å²) in [7, 11) is 0. The van der Waals surface area contributed by atoms with E-state index in [1.54, 1.807) is 0 Å². The van der Waals surface area contributed by atoms with E-state index in [9.17, 15) is 4.79 Å². The first-order chi connectivity index (χ1) is 9.31. The summed E-state index contributed by atoms with van der Waals surface area (Å²) in [4.78, 5) is 14.5. The van der Waals surface area contributed by atoms with Crippen LogP contribution in [0.1, 0.15) is 30.9 Å². The number of fused-ring (bicyclic) bond motifs is 1. The summed E-state index contributed by atoms with van der Waals surface area (Å²) in [6, 6.07) is 10.2. The molecule has 100 valence electrons. The summed E-state index contributed by atoms with van der Waals surface area (Å²) in [6.07, 6.45) is 4.43. The molecule has 3 heteroatoms. The van der Waals surface area contributed by atoms with Gasteiger partial charge in [-0.15, -0.1) is 6.58 Å². The molecule has 2 heterocycles. The number of hydrogen-bond donors (Lipinski definition) is 0. The first-order valence-corrected chi connectivity index (χ1v) is 6.91. The second-order valence-corrected chi connectivity index (χ2v) is 5.26. The maximum absolute atomic E-state index is 12.6. The van der Waals surface area contributed by atoms with Crippen LogP contribution >= 0.6 is 0 Å². The third kappa shape index (κ3) is 2.19. The molecular formula is C16H19NO2. The Morgan fingerprint density at radius 3 is 2.84 bits per heavy atom. The summed E-state index contributed by atoms with van der Waals surface area (Å²) in [5.41, 5.74) is 1.16. The minimum Gasteiger partial charge on any atom is -0.356 e. The van der Waals surface area contributed by atoms with Crippen molar-refractivity contribution in [2.24, 2.45) is 5.92 Å². The van der Waals surface area contributed by atoms with E-state index in [0.29, 0.717) is 6.61 Å². The van der Waals surface area contributed by atoms with Crippen LogP contribution in [-0.2, 0) is 9.53 Å². The highest BCUT2D eigenvalue weighted by atomic mass is 16.5. The largest absolute Gasteiger partial charge is 0.356 e. The molecule has 3 atom stereocenters. The Morgan fingerprint density at radius 1 is 1.32 bits per heavy atom. The lowest BCUT2D eigenvalue weighted by atomic mass is 9.91. The van der Waals surface area contributed by atoms with Crippen LogP contribution in [-0.4, -0.2) is 23.6 Å². The molecule has 3 rings (SSSR count). The van der Waals surface area contributed by atoms with Gasteiger partial charge in [0.05, 0.1) is 12.6 Å². The maximum atomic E-state index is 12.6. The lowest BCUT2D eigenvalue weighted by Crippen LogP contribution is -2.45. The summed E-state index contributed by atoms with van der Waals surface area (Å²) in [5, 5.41) is 0. The minimum absolute atomic E-state index is 0.0289. The molecule has 0 radical (unpaired) electrons. The first kappa shape index (κ1) is 12.4. The van der Waals surface area contributed by atoms with Gasteiger partial charge in [-0.25, -0.2) is 0 Å². The van der Waals surface area contributed by atoms with E-state index in [1.807, 2.05) is 29.2 Å². The van der Waals surface area contributed by atoms with Crippen molar-refractivity contribution in [1.82, 2.24) is 4.90 Å². The number of allylic oxidation sites excluding steroid dienone is 1. The molecular weight excluding hydrogens is 238 g/mol. The zero-order valence-corrected chi connectivity index (χ0v) is 11.0. The smallest absolute Gasteiger partial charge is 0.228 e. The molecule has 1 aromatic rings. The van der Waals surface area contributed by atoms with Crippen molar-refractivity contribution >= 4 is 5.91 Å². The van der Waals surface area contributed by atoms with Crippen molar-refractivity contribution in [3.63, 3.8) is 0 Å². The predicted molar refractivity (Wildman–Crippen MR) is 73.3 cm³/mol. The molecule has 2 aliphatic heterocycles. The Balaban J connectivity index is 1.85. The predicted octanol–water partition coefficient (Wildman–Crippen LogP) is 2.90. The van der Waals surface area contributed by atoms with Gasteiger partial charge in [-0.3, -0.25) is 4.79 Å². The van der Waals surface area contributed by atoms with Crippen LogP contribution in [0.4, 0.5) is 0 Å². The number of benzene rings is 1. The Kier molecular flexibility index (Phi) is 3.38. The molecule has 1 aromatic carbocycles. The Hall–Kier alpha value is -1.61. The number of nitrogens with zero attached hydrogens (tertiary/aromatic N) is 1. The lowest BCUT2D eigenvalue weighted by molar-refractivity contribution is -0.148. The van der Waals surface area contributed by atoms with Gasteiger partial charge < -0.3 is 9.64 Å². The number of ether oxygens (including phenoxy) is 1. The topological polar surface area (TPSA) is 29.5 Å². The van der Waals surface area contributed by atoms with Crippen molar-refractivity contribution in [1.29, 1.82) is 0 Å². The molecule has 1 amide bonds. The van der Waals surface area contributed by atoms with Crippen molar-refractivity contribution in [3.8, 4) is 0 Å². The molecule has 0 unspecified atom stereocenters. The van der Waals surface area contributed by atoms with E-state index in [2.05, 4.69) is 18.7 Å². The summed E-state index contributed by atoms with van der Waals surface area (Å²) in [6.45, 7) is 4.36. The zero-order chi connectivity index (χ0) is 13.2. The van der Waals surface area contributed by atoms with Crippen LogP contribution < -0.4 is 0 Å². The fourth-order valence-corrected chi connectivity index (χ4v) is 3.11. The van der Waals surface area contributed by atoms with Crippen LogP contribution in [0.25, 0.3) is 0 Å². The summed E-state index contributed by atoms with van der Waals surface area (Å²) >= 11 is 0. The average Bonchev–Trinajstić information content (AvgIpc) is 2.88. The standard InChI is InChI=1S/C16H19NO2/c1-2-6-13-9-10-15-17(16(13)18)14(11-19-15)12-7-4-3-5-8-12/h2-5,7-8,13-15H,1,6,9-11H2/t13-,14+,15-/m1/s1. The Labute approximate surface area is 113 Å². The van der Waals surface area contributed by atoms with Crippen molar-refractivity contribution in [2.45, 2.75) is 31.5 Å². The Morgan fingerprint density at radius 2 is 2.11 bits per heavy atom. The van der Waals surface area contributed by atoms with Gasteiger partial charge >= 0.3 is 0 Å². The minimum atomic E-state index is -0.0289. The van der Waals surface area contributed by atoms with Gasteiger partial charge in [-0.2, -0.15) is 0 Å². The molecule has 0 aromatic heterocycles. The van der Waals surface area contributed by atoms with E-state index in [4.69, 9.17) is 4.74 Å². The second-order valence-electron chi connectivity index (χ2n) is 5.26. The molecule has 0 aliphatic carbocycles. The van der Waals surface area contributed by atoms with Gasteiger partial charge in [0.2, 0.25) is 5.91 Å². The number of piperidine rings is 1. The van der Waals surface area contributed by atoms with Gasteiger partial charge in [0.25, 0.3) is 0 Å².